The van der Waals surface area contributed by atoms with Gasteiger partial charge in [0.25, 0.3) is 0 Å². The van der Waals surface area contributed by atoms with Crippen molar-refractivity contribution >= 4 is 0 Å². The van der Waals surface area contributed by atoms with E-state index >= 15 is 0 Å². The SMILES string of the molecule is C=C1CC2(C)CCC(C(C)C)C(CCCC)C2CC1C. The summed E-state index contributed by atoms with van der Waals surface area (Å²) in [6.45, 7) is 16.6. The Morgan fingerprint density at radius 1 is 1.35 bits per heavy atom. The van der Waals surface area contributed by atoms with Gasteiger partial charge in [-0.25, -0.2) is 0 Å². The molecule has 0 heterocycles. The molecule has 5 unspecified atom stereocenters. The van der Waals surface area contributed by atoms with Crippen molar-refractivity contribution in [2.45, 2.75) is 79.6 Å². The lowest BCUT2D eigenvalue weighted by Gasteiger charge is -2.55. The minimum absolute atomic E-state index is 0.563. The predicted molar refractivity (Wildman–Crippen MR) is 89.7 cm³/mol. The number of hydrogen-bond donors (Lipinski definition) is 0. The van der Waals surface area contributed by atoms with Crippen LogP contribution in [0.5, 0.6) is 0 Å². The van der Waals surface area contributed by atoms with Gasteiger partial charge in [-0.3, -0.25) is 0 Å². The first-order valence-electron chi connectivity index (χ1n) is 9.06. The number of allylic oxidation sites excluding steroid dienone is 1. The second-order valence-corrected chi connectivity index (χ2v) is 8.48. The lowest BCUT2D eigenvalue weighted by molar-refractivity contribution is -0.0333. The van der Waals surface area contributed by atoms with Gasteiger partial charge in [0.1, 0.15) is 0 Å². The predicted octanol–water partition coefficient (Wildman–Crippen LogP) is 6.47. The molecule has 0 aromatic rings. The van der Waals surface area contributed by atoms with Crippen LogP contribution in [0, 0.1) is 35.0 Å². The molecule has 0 aliphatic heterocycles. The van der Waals surface area contributed by atoms with Crippen LogP contribution in [0.15, 0.2) is 12.2 Å². The van der Waals surface area contributed by atoms with E-state index in [4.69, 9.17) is 0 Å². The number of hydrogen-bond acceptors (Lipinski definition) is 0. The Morgan fingerprint density at radius 2 is 2.05 bits per heavy atom. The van der Waals surface area contributed by atoms with Crippen molar-refractivity contribution < 1.29 is 0 Å². The summed E-state index contributed by atoms with van der Waals surface area (Å²) in [6, 6.07) is 0. The zero-order valence-corrected chi connectivity index (χ0v) is 14.5. The third-order valence-electron chi connectivity index (χ3n) is 6.69. The van der Waals surface area contributed by atoms with Crippen LogP contribution in [0.3, 0.4) is 0 Å². The molecule has 2 saturated carbocycles. The molecule has 116 valence electrons. The van der Waals surface area contributed by atoms with E-state index in [1.807, 2.05) is 0 Å². The maximum Gasteiger partial charge on any atom is -0.0231 e. The van der Waals surface area contributed by atoms with E-state index in [2.05, 4.69) is 41.2 Å². The van der Waals surface area contributed by atoms with Crippen LogP contribution in [0.1, 0.15) is 79.6 Å². The van der Waals surface area contributed by atoms with E-state index in [0.29, 0.717) is 5.41 Å². The van der Waals surface area contributed by atoms with E-state index in [1.165, 1.54) is 50.5 Å². The lowest BCUT2D eigenvalue weighted by Crippen LogP contribution is -2.46. The maximum absolute atomic E-state index is 4.37. The fourth-order valence-corrected chi connectivity index (χ4v) is 5.31. The molecule has 2 aliphatic carbocycles. The molecule has 0 heteroatoms. The first-order chi connectivity index (χ1) is 9.39. The zero-order chi connectivity index (χ0) is 14.9. The minimum atomic E-state index is 0.563. The second kappa shape index (κ2) is 6.24. The van der Waals surface area contributed by atoms with E-state index in [1.54, 1.807) is 0 Å². The summed E-state index contributed by atoms with van der Waals surface area (Å²) in [4.78, 5) is 0. The van der Waals surface area contributed by atoms with Gasteiger partial charge in [-0.2, -0.15) is 0 Å². The van der Waals surface area contributed by atoms with Gasteiger partial charge in [-0.15, -0.1) is 0 Å². The van der Waals surface area contributed by atoms with Crippen LogP contribution in [-0.4, -0.2) is 0 Å². The fraction of sp³-hybridized carbons (Fsp3) is 0.900. The molecule has 0 aromatic heterocycles. The molecule has 2 fully saturated rings. The quantitative estimate of drug-likeness (QED) is 0.516. The van der Waals surface area contributed by atoms with Crippen LogP contribution in [-0.2, 0) is 0 Å². The number of unbranched alkanes of at least 4 members (excludes halogenated alkanes) is 1. The van der Waals surface area contributed by atoms with Crippen LogP contribution in [0.4, 0.5) is 0 Å². The Hall–Kier alpha value is -0.260. The molecular weight excluding hydrogens is 240 g/mol. The molecule has 0 radical (unpaired) electrons. The van der Waals surface area contributed by atoms with Gasteiger partial charge < -0.3 is 0 Å². The van der Waals surface area contributed by atoms with Crippen molar-refractivity contribution in [3.63, 3.8) is 0 Å². The molecule has 2 aliphatic rings. The van der Waals surface area contributed by atoms with Crippen molar-refractivity contribution in [1.82, 2.24) is 0 Å². The molecule has 0 N–H and O–H groups in total. The van der Waals surface area contributed by atoms with Gasteiger partial charge in [0.05, 0.1) is 0 Å². The third kappa shape index (κ3) is 3.00. The normalized spacial score (nSPS) is 41.8. The highest BCUT2D eigenvalue weighted by Gasteiger charge is 2.49. The minimum Gasteiger partial charge on any atom is -0.0996 e. The summed E-state index contributed by atoms with van der Waals surface area (Å²) in [6.07, 6.45) is 9.86. The average Bonchev–Trinajstić information content (AvgIpc) is 2.37. The van der Waals surface area contributed by atoms with Gasteiger partial charge in [0, 0.05) is 0 Å². The van der Waals surface area contributed by atoms with Crippen molar-refractivity contribution in [2.24, 2.45) is 35.0 Å². The Labute approximate surface area is 127 Å². The average molecular weight is 277 g/mol. The molecule has 0 bridgehead atoms. The summed E-state index contributed by atoms with van der Waals surface area (Å²) < 4.78 is 0. The van der Waals surface area contributed by atoms with Crippen LogP contribution >= 0.6 is 0 Å². The summed E-state index contributed by atoms with van der Waals surface area (Å²) in [7, 11) is 0. The Kier molecular flexibility index (Phi) is 5.03. The van der Waals surface area contributed by atoms with Crippen molar-refractivity contribution in [2.75, 3.05) is 0 Å². The standard InChI is InChI=1S/C20H36/c1-7-8-9-18-17(14(2)3)10-11-20(6)13-16(5)15(4)12-19(18)20/h14-15,17-19H,5,7-13H2,1-4,6H3. The van der Waals surface area contributed by atoms with E-state index < -0.39 is 0 Å². The highest BCUT2D eigenvalue weighted by Crippen LogP contribution is 2.58. The topological polar surface area (TPSA) is 0 Å². The second-order valence-electron chi connectivity index (χ2n) is 8.48. The Balaban J connectivity index is 2.22. The summed E-state index contributed by atoms with van der Waals surface area (Å²) in [5, 5.41) is 0. The van der Waals surface area contributed by atoms with E-state index in [9.17, 15) is 0 Å². The van der Waals surface area contributed by atoms with Gasteiger partial charge in [-0.1, -0.05) is 59.6 Å². The van der Waals surface area contributed by atoms with Crippen LogP contribution in [0.25, 0.3) is 0 Å². The molecule has 0 spiro atoms. The fourth-order valence-electron chi connectivity index (χ4n) is 5.31. The zero-order valence-electron chi connectivity index (χ0n) is 14.5. The monoisotopic (exact) mass is 276 g/mol. The summed E-state index contributed by atoms with van der Waals surface area (Å²) in [5.41, 5.74) is 2.09. The molecule has 0 amide bonds. The molecule has 5 atom stereocenters. The van der Waals surface area contributed by atoms with Gasteiger partial charge in [0.2, 0.25) is 0 Å². The Morgan fingerprint density at radius 3 is 2.65 bits per heavy atom. The van der Waals surface area contributed by atoms with E-state index in [0.717, 1.165) is 29.6 Å². The smallest absolute Gasteiger partial charge is 0.0231 e. The van der Waals surface area contributed by atoms with Gasteiger partial charge >= 0.3 is 0 Å². The lowest BCUT2D eigenvalue weighted by atomic mass is 9.50. The van der Waals surface area contributed by atoms with Gasteiger partial charge in [0.15, 0.2) is 0 Å². The number of rotatable bonds is 4. The maximum atomic E-state index is 4.37. The summed E-state index contributed by atoms with van der Waals surface area (Å²) in [5.74, 6) is 4.52. The van der Waals surface area contributed by atoms with Crippen molar-refractivity contribution in [3.8, 4) is 0 Å². The molecular formula is C20H36. The first kappa shape index (κ1) is 16.1. The largest absolute Gasteiger partial charge is 0.0996 e. The van der Waals surface area contributed by atoms with Gasteiger partial charge in [-0.05, 0) is 67.1 Å². The molecule has 0 saturated heterocycles. The first-order valence-corrected chi connectivity index (χ1v) is 9.06. The molecule has 0 nitrogen and oxygen atoms in total. The van der Waals surface area contributed by atoms with Crippen molar-refractivity contribution in [3.05, 3.63) is 12.2 Å². The summed E-state index contributed by atoms with van der Waals surface area (Å²) >= 11 is 0. The van der Waals surface area contributed by atoms with Crippen molar-refractivity contribution in [1.29, 1.82) is 0 Å². The third-order valence-corrected chi connectivity index (χ3v) is 6.69. The Bertz CT molecular complexity index is 340. The molecule has 0 aromatic carbocycles. The van der Waals surface area contributed by atoms with Crippen LogP contribution < -0.4 is 0 Å². The highest BCUT2D eigenvalue weighted by atomic mass is 14.5. The number of fused-ring (bicyclic) bond motifs is 1. The molecule has 20 heavy (non-hydrogen) atoms. The van der Waals surface area contributed by atoms with Crippen LogP contribution in [0.2, 0.25) is 0 Å². The highest BCUT2D eigenvalue weighted by molar-refractivity contribution is 5.12. The molecule has 2 rings (SSSR count). The van der Waals surface area contributed by atoms with E-state index in [-0.39, 0.29) is 0 Å².